The zero-order chi connectivity index (χ0) is 17.8. The lowest BCUT2D eigenvalue weighted by Crippen LogP contribution is -2.52. The van der Waals surface area contributed by atoms with Gasteiger partial charge in [0.2, 0.25) is 10.0 Å². The Balaban J connectivity index is 2.70. The fourth-order valence-corrected chi connectivity index (χ4v) is 2.80. The van der Waals surface area contributed by atoms with Gasteiger partial charge in [-0.25, -0.2) is 13.2 Å². The fraction of sp³-hybridized carbons (Fsp3) is 0.846. The third kappa shape index (κ3) is 7.14. The number of carboxylic acid groups (broad SMARTS) is 1. The summed E-state index contributed by atoms with van der Waals surface area (Å²) in [6.07, 6.45) is -0.176. The predicted molar refractivity (Wildman–Crippen MR) is 81.6 cm³/mol. The Hall–Kier alpha value is -1.39. The summed E-state index contributed by atoms with van der Waals surface area (Å²) in [7, 11) is -3.69. The second-order valence-corrected chi connectivity index (χ2v) is 8.35. The van der Waals surface area contributed by atoms with Crippen LogP contribution in [0.2, 0.25) is 0 Å². The fourth-order valence-electron chi connectivity index (χ4n) is 2.02. The lowest BCUT2D eigenvalue weighted by molar-refractivity contribution is -0.137. The molecule has 0 aromatic heterocycles. The molecule has 0 spiro atoms. The minimum absolute atomic E-state index is 0.134. The Labute approximate surface area is 136 Å². The van der Waals surface area contributed by atoms with Crippen LogP contribution in [0.15, 0.2) is 0 Å². The van der Waals surface area contributed by atoms with Crippen LogP contribution in [0.4, 0.5) is 4.79 Å². The second kappa shape index (κ2) is 7.45. The summed E-state index contributed by atoms with van der Waals surface area (Å²) in [6.45, 7) is 5.18. The largest absolute Gasteiger partial charge is 0.480 e. The molecular formula is C13H24N2O7S. The van der Waals surface area contributed by atoms with Gasteiger partial charge in [-0.3, -0.25) is 4.79 Å². The molecule has 0 radical (unpaired) electrons. The van der Waals surface area contributed by atoms with E-state index in [9.17, 15) is 18.0 Å². The van der Waals surface area contributed by atoms with E-state index in [1.165, 1.54) is 4.90 Å². The molecule has 1 saturated heterocycles. The Morgan fingerprint density at radius 2 is 2.00 bits per heavy atom. The van der Waals surface area contributed by atoms with E-state index >= 15 is 0 Å². The van der Waals surface area contributed by atoms with Crippen LogP contribution in [0, 0.1) is 0 Å². The van der Waals surface area contributed by atoms with Gasteiger partial charge in [-0.15, -0.1) is 0 Å². The Morgan fingerprint density at radius 3 is 2.48 bits per heavy atom. The lowest BCUT2D eigenvalue weighted by Gasteiger charge is -2.35. The van der Waals surface area contributed by atoms with Gasteiger partial charge in [0.15, 0.2) is 0 Å². The first-order valence-electron chi connectivity index (χ1n) is 7.15. The number of amides is 1. The van der Waals surface area contributed by atoms with Crippen molar-refractivity contribution in [2.75, 3.05) is 39.0 Å². The average molecular weight is 352 g/mol. The monoisotopic (exact) mass is 352 g/mol. The van der Waals surface area contributed by atoms with Gasteiger partial charge in [0, 0.05) is 13.1 Å². The minimum Gasteiger partial charge on any atom is -0.480 e. The maximum absolute atomic E-state index is 12.0. The normalized spacial score (nSPS) is 19.7. The summed E-state index contributed by atoms with van der Waals surface area (Å²) in [5, 5.41) is 8.81. The number of aliphatic carboxylic acids is 1. The van der Waals surface area contributed by atoms with Crippen LogP contribution in [0.1, 0.15) is 20.8 Å². The van der Waals surface area contributed by atoms with Crippen LogP contribution in [0.3, 0.4) is 0 Å². The lowest BCUT2D eigenvalue weighted by atomic mass is 10.2. The molecule has 1 rings (SSSR count). The number of ether oxygens (including phenoxy) is 2. The maximum atomic E-state index is 12.0. The molecule has 0 aromatic rings. The molecule has 23 heavy (non-hydrogen) atoms. The summed E-state index contributed by atoms with van der Waals surface area (Å²) in [6, 6.07) is 0. The molecule has 1 N–H and O–H groups in total. The van der Waals surface area contributed by atoms with E-state index in [4.69, 9.17) is 14.6 Å². The van der Waals surface area contributed by atoms with E-state index in [0.717, 1.165) is 10.6 Å². The SMILES string of the molecule is CC(C)(C)OC(=O)N1CCOC(CN(CC(=O)O)S(C)(=O)=O)C1. The molecule has 0 aromatic carbocycles. The molecule has 0 aliphatic carbocycles. The highest BCUT2D eigenvalue weighted by Gasteiger charge is 2.31. The number of carbonyl (C=O) groups excluding carboxylic acids is 1. The zero-order valence-corrected chi connectivity index (χ0v) is 14.6. The first-order valence-corrected chi connectivity index (χ1v) is 9.00. The van der Waals surface area contributed by atoms with E-state index in [1.54, 1.807) is 20.8 Å². The van der Waals surface area contributed by atoms with Gasteiger partial charge in [-0.05, 0) is 20.8 Å². The standard InChI is InChI=1S/C13H24N2O7S/c1-13(2,3)22-12(18)14-5-6-21-10(7-14)8-15(9-11(16)17)23(4,19)20/h10H,5-9H2,1-4H3,(H,16,17). The van der Waals surface area contributed by atoms with Crippen molar-refractivity contribution in [1.82, 2.24) is 9.21 Å². The number of morpholine rings is 1. The molecule has 1 aliphatic rings. The van der Waals surface area contributed by atoms with Crippen LogP contribution in [0.5, 0.6) is 0 Å². The number of nitrogens with zero attached hydrogens (tertiary/aromatic N) is 2. The van der Waals surface area contributed by atoms with E-state index in [0.29, 0.717) is 6.54 Å². The van der Waals surface area contributed by atoms with Crippen molar-refractivity contribution in [3.8, 4) is 0 Å². The summed E-state index contributed by atoms with van der Waals surface area (Å²) >= 11 is 0. The predicted octanol–water partition coefficient (Wildman–Crippen LogP) is -0.0315. The number of hydrogen-bond donors (Lipinski definition) is 1. The minimum atomic E-state index is -3.69. The highest BCUT2D eigenvalue weighted by Crippen LogP contribution is 2.14. The highest BCUT2D eigenvalue weighted by atomic mass is 32.2. The third-order valence-electron chi connectivity index (χ3n) is 2.98. The highest BCUT2D eigenvalue weighted by molar-refractivity contribution is 7.88. The number of hydrogen-bond acceptors (Lipinski definition) is 6. The van der Waals surface area contributed by atoms with Crippen LogP contribution < -0.4 is 0 Å². The molecule has 1 unspecified atom stereocenters. The number of carboxylic acids is 1. The van der Waals surface area contributed by atoms with E-state index in [1.807, 2.05) is 0 Å². The van der Waals surface area contributed by atoms with E-state index in [2.05, 4.69) is 0 Å². The molecule has 1 heterocycles. The van der Waals surface area contributed by atoms with Crippen LogP contribution >= 0.6 is 0 Å². The van der Waals surface area contributed by atoms with Gasteiger partial charge in [0.05, 0.1) is 25.5 Å². The summed E-state index contributed by atoms with van der Waals surface area (Å²) in [5.41, 5.74) is -0.632. The first-order chi connectivity index (χ1) is 10.4. The van der Waals surface area contributed by atoms with Gasteiger partial charge in [0.25, 0.3) is 0 Å². The average Bonchev–Trinajstić information content (AvgIpc) is 2.34. The number of sulfonamides is 1. The van der Waals surface area contributed by atoms with Crippen LogP contribution in [0.25, 0.3) is 0 Å². The summed E-state index contributed by atoms with van der Waals surface area (Å²) in [4.78, 5) is 24.3. The Kier molecular flexibility index (Phi) is 6.37. The molecule has 1 atom stereocenters. The molecule has 1 aliphatic heterocycles. The first kappa shape index (κ1) is 19.7. The molecule has 10 heteroatoms. The van der Waals surface area contributed by atoms with E-state index < -0.39 is 40.3 Å². The van der Waals surface area contributed by atoms with E-state index in [-0.39, 0.29) is 19.7 Å². The van der Waals surface area contributed by atoms with Crippen LogP contribution in [-0.4, -0.2) is 85.5 Å². The quantitative estimate of drug-likeness (QED) is 0.739. The second-order valence-electron chi connectivity index (χ2n) is 6.37. The molecule has 1 fully saturated rings. The van der Waals surface area contributed by atoms with Gasteiger partial charge in [-0.1, -0.05) is 0 Å². The zero-order valence-electron chi connectivity index (χ0n) is 13.8. The molecule has 0 saturated carbocycles. The Bertz CT molecular complexity index is 541. The number of rotatable bonds is 5. The van der Waals surface area contributed by atoms with Gasteiger partial charge in [-0.2, -0.15) is 4.31 Å². The van der Waals surface area contributed by atoms with Crippen molar-refractivity contribution in [2.24, 2.45) is 0 Å². The Morgan fingerprint density at radius 1 is 1.39 bits per heavy atom. The van der Waals surface area contributed by atoms with Crippen molar-refractivity contribution in [3.63, 3.8) is 0 Å². The topological polar surface area (TPSA) is 113 Å². The van der Waals surface area contributed by atoms with Crippen LogP contribution in [-0.2, 0) is 24.3 Å². The molecule has 9 nitrogen and oxygen atoms in total. The summed E-state index contributed by atoms with van der Waals surface area (Å²) in [5.74, 6) is -1.25. The molecule has 0 bridgehead atoms. The third-order valence-corrected chi connectivity index (χ3v) is 4.19. The molecule has 1 amide bonds. The van der Waals surface area contributed by atoms with Gasteiger partial charge < -0.3 is 19.5 Å². The van der Waals surface area contributed by atoms with Crippen molar-refractivity contribution in [2.45, 2.75) is 32.5 Å². The molecular weight excluding hydrogens is 328 g/mol. The van der Waals surface area contributed by atoms with Crippen molar-refractivity contribution in [3.05, 3.63) is 0 Å². The number of carbonyl (C=O) groups is 2. The smallest absolute Gasteiger partial charge is 0.410 e. The van der Waals surface area contributed by atoms with Gasteiger partial charge >= 0.3 is 12.1 Å². The maximum Gasteiger partial charge on any atom is 0.410 e. The van der Waals surface area contributed by atoms with Gasteiger partial charge in [0.1, 0.15) is 12.1 Å². The van der Waals surface area contributed by atoms with Crippen molar-refractivity contribution < 1.29 is 32.6 Å². The van der Waals surface area contributed by atoms with Crippen molar-refractivity contribution >= 4 is 22.1 Å². The summed E-state index contributed by atoms with van der Waals surface area (Å²) < 4.78 is 34.8. The van der Waals surface area contributed by atoms with Crippen molar-refractivity contribution in [1.29, 1.82) is 0 Å². The molecule has 134 valence electrons.